The van der Waals surface area contributed by atoms with E-state index < -0.39 is 6.04 Å². The first-order valence-electron chi connectivity index (χ1n) is 10.9. The Morgan fingerprint density at radius 3 is 2.45 bits per heavy atom. The Hall–Kier alpha value is -3.27. The van der Waals surface area contributed by atoms with E-state index in [9.17, 15) is 9.90 Å². The van der Waals surface area contributed by atoms with Gasteiger partial charge in [-0.2, -0.15) is 0 Å². The largest absolute Gasteiger partial charge is 0.508 e. The number of aryl methyl sites for hydroxylation is 2. The standard InChI is InChI=1S/C27H28N2O2/c1-15-11-19-20(12-16(15)2)29-26(25-21(28-19)13-27(3,4)14-23(25)31)24-18-8-6-5-7-17(18)9-10-22(24)30/h5-12,26,28-30H,13-14H2,1-4H3/t26-/m0/s1. The molecule has 5 rings (SSSR count). The molecule has 0 amide bonds. The Morgan fingerprint density at radius 1 is 0.968 bits per heavy atom. The number of carbonyl (C=O) groups is 1. The van der Waals surface area contributed by atoms with E-state index in [4.69, 9.17) is 0 Å². The third-order valence-corrected chi connectivity index (χ3v) is 6.66. The van der Waals surface area contributed by atoms with Crippen molar-refractivity contribution in [3.63, 3.8) is 0 Å². The molecule has 3 aromatic rings. The summed E-state index contributed by atoms with van der Waals surface area (Å²) >= 11 is 0. The number of allylic oxidation sites excluding steroid dienone is 1. The molecule has 0 radical (unpaired) electrons. The van der Waals surface area contributed by atoms with Crippen molar-refractivity contribution in [1.29, 1.82) is 0 Å². The molecule has 0 saturated carbocycles. The van der Waals surface area contributed by atoms with Gasteiger partial charge in [0.2, 0.25) is 0 Å². The molecule has 3 aromatic carbocycles. The molecule has 1 aliphatic carbocycles. The average molecular weight is 413 g/mol. The van der Waals surface area contributed by atoms with Gasteiger partial charge in [-0.1, -0.05) is 44.2 Å². The number of nitrogens with one attached hydrogen (secondary N) is 2. The number of hydrogen-bond donors (Lipinski definition) is 3. The zero-order valence-electron chi connectivity index (χ0n) is 18.5. The lowest BCUT2D eigenvalue weighted by atomic mass is 9.73. The Bertz CT molecular complexity index is 1270. The molecule has 31 heavy (non-hydrogen) atoms. The molecular formula is C27H28N2O2. The molecule has 4 nitrogen and oxygen atoms in total. The SMILES string of the molecule is Cc1cc2c(cc1C)N[C@@H](c1c(O)ccc3ccccc13)C1=C(CC(C)(C)CC1=O)N2. The molecule has 3 N–H and O–H groups in total. The molecule has 1 heterocycles. The van der Waals surface area contributed by atoms with Crippen LogP contribution in [0.1, 0.15) is 49.4 Å². The summed E-state index contributed by atoms with van der Waals surface area (Å²) in [7, 11) is 0. The predicted molar refractivity (Wildman–Crippen MR) is 127 cm³/mol. The molecule has 2 aliphatic rings. The maximum atomic E-state index is 13.5. The van der Waals surface area contributed by atoms with Crippen molar-refractivity contribution in [2.24, 2.45) is 5.41 Å². The maximum Gasteiger partial charge on any atom is 0.163 e. The number of Topliss-reactive ketones (excluding diaryl/α,β-unsaturated/α-hetero) is 1. The second-order valence-electron chi connectivity index (χ2n) is 9.74. The number of benzene rings is 3. The highest BCUT2D eigenvalue weighted by molar-refractivity contribution is 6.02. The molecule has 4 heteroatoms. The van der Waals surface area contributed by atoms with Gasteiger partial charge in [-0.15, -0.1) is 0 Å². The number of phenolic OH excluding ortho intramolecular Hbond substituents is 1. The number of anilines is 2. The highest BCUT2D eigenvalue weighted by Gasteiger charge is 2.40. The minimum atomic E-state index is -0.430. The Balaban J connectivity index is 1.80. The summed E-state index contributed by atoms with van der Waals surface area (Å²) in [4.78, 5) is 13.5. The van der Waals surface area contributed by atoms with Crippen LogP contribution >= 0.6 is 0 Å². The Kier molecular flexibility index (Phi) is 4.37. The molecular weight excluding hydrogens is 384 g/mol. The van der Waals surface area contributed by atoms with E-state index in [-0.39, 0.29) is 16.9 Å². The first kappa shape index (κ1) is 19.7. The molecule has 0 fully saturated rings. The molecule has 0 saturated heterocycles. The van der Waals surface area contributed by atoms with E-state index in [1.54, 1.807) is 6.07 Å². The molecule has 0 bridgehead atoms. The van der Waals surface area contributed by atoms with Crippen LogP contribution in [-0.4, -0.2) is 10.9 Å². The fourth-order valence-electron chi connectivity index (χ4n) is 5.01. The van der Waals surface area contributed by atoms with Gasteiger partial charge in [-0.05, 0) is 65.8 Å². The normalized spacial score (nSPS) is 19.9. The Morgan fingerprint density at radius 2 is 1.68 bits per heavy atom. The van der Waals surface area contributed by atoms with E-state index in [0.717, 1.165) is 45.4 Å². The predicted octanol–water partition coefficient (Wildman–Crippen LogP) is 6.38. The summed E-state index contributed by atoms with van der Waals surface area (Å²) in [6, 6.07) is 15.5. The third-order valence-electron chi connectivity index (χ3n) is 6.66. The quantitative estimate of drug-likeness (QED) is 0.434. The fourth-order valence-corrected chi connectivity index (χ4v) is 5.01. The van der Waals surface area contributed by atoms with Gasteiger partial charge in [0.25, 0.3) is 0 Å². The van der Waals surface area contributed by atoms with E-state index >= 15 is 0 Å². The van der Waals surface area contributed by atoms with E-state index in [2.05, 4.69) is 50.5 Å². The summed E-state index contributed by atoms with van der Waals surface area (Å²) in [5.41, 5.74) is 6.63. The summed E-state index contributed by atoms with van der Waals surface area (Å²) in [5.74, 6) is 0.331. The van der Waals surface area contributed by atoms with Crippen molar-refractivity contribution < 1.29 is 9.90 Å². The second kappa shape index (κ2) is 6.88. The van der Waals surface area contributed by atoms with E-state index in [0.29, 0.717) is 6.42 Å². The van der Waals surface area contributed by atoms with Crippen LogP contribution < -0.4 is 10.6 Å². The molecule has 0 unspecified atom stereocenters. The fraction of sp³-hybridized carbons (Fsp3) is 0.296. The summed E-state index contributed by atoms with van der Waals surface area (Å²) in [6.45, 7) is 8.47. The minimum Gasteiger partial charge on any atom is -0.508 e. The Labute approximate surface area is 183 Å². The summed E-state index contributed by atoms with van der Waals surface area (Å²) < 4.78 is 0. The topological polar surface area (TPSA) is 61.4 Å². The van der Waals surface area contributed by atoms with Gasteiger partial charge in [-0.3, -0.25) is 4.79 Å². The van der Waals surface area contributed by atoms with Crippen molar-refractivity contribution in [1.82, 2.24) is 0 Å². The van der Waals surface area contributed by atoms with Crippen LogP contribution in [0.4, 0.5) is 11.4 Å². The number of rotatable bonds is 1. The van der Waals surface area contributed by atoms with Gasteiger partial charge in [0.05, 0.1) is 17.4 Å². The van der Waals surface area contributed by atoms with Gasteiger partial charge >= 0.3 is 0 Å². The van der Waals surface area contributed by atoms with Gasteiger partial charge in [-0.25, -0.2) is 0 Å². The lowest BCUT2D eigenvalue weighted by molar-refractivity contribution is -0.118. The van der Waals surface area contributed by atoms with Gasteiger partial charge in [0.1, 0.15) is 5.75 Å². The van der Waals surface area contributed by atoms with Crippen LogP contribution in [0, 0.1) is 19.3 Å². The molecule has 158 valence electrons. The summed E-state index contributed by atoms with van der Waals surface area (Å²) in [5, 5.41) is 20.2. The van der Waals surface area contributed by atoms with E-state index in [1.807, 2.05) is 30.3 Å². The first-order valence-corrected chi connectivity index (χ1v) is 10.9. The lowest BCUT2D eigenvalue weighted by Crippen LogP contribution is -2.31. The number of aromatic hydroxyl groups is 1. The molecule has 1 aliphatic heterocycles. The lowest BCUT2D eigenvalue weighted by Gasteiger charge is -2.34. The van der Waals surface area contributed by atoms with Crippen molar-refractivity contribution in [3.05, 3.63) is 76.5 Å². The second-order valence-corrected chi connectivity index (χ2v) is 9.74. The van der Waals surface area contributed by atoms with Crippen LogP contribution in [0.2, 0.25) is 0 Å². The zero-order chi connectivity index (χ0) is 21.9. The third kappa shape index (κ3) is 3.27. The van der Waals surface area contributed by atoms with E-state index in [1.165, 1.54) is 11.1 Å². The van der Waals surface area contributed by atoms with Crippen LogP contribution in [0.5, 0.6) is 5.75 Å². The highest BCUT2D eigenvalue weighted by atomic mass is 16.3. The number of hydrogen-bond acceptors (Lipinski definition) is 4. The number of phenols is 1. The molecule has 1 atom stereocenters. The average Bonchev–Trinajstić information content (AvgIpc) is 2.83. The summed E-state index contributed by atoms with van der Waals surface area (Å²) in [6.07, 6.45) is 1.27. The molecule has 0 aromatic heterocycles. The van der Waals surface area contributed by atoms with Crippen molar-refractivity contribution in [2.75, 3.05) is 10.6 Å². The minimum absolute atomic E-state index is 0.113. The number of carbonyl (C=O) groups excluding carboxylic acids is 1. The van der Waals surface area contributed by atoms with Gasteiger partial charge in [0, 0.05) is 23.3 Å². The van der Waals surface area contributed by atoms with Crippen LogP contribution in [0.3, 0.4) is 0 Å². The number of ketones is 1. The van der Waals surface area contributed by atoms with Crippen molar-refractivity contribution in [2.45, 2.75) is 46.6 Å². The van der Waals surface area contributed by atoms with Gasteiger partial charge in [0.15, 0.2) is 5.78 Å². The van der Waals surface area contributed by atoms with Crippen LogP contribution in [0.15, 0.2) is 59.8 Å². The first-order chi connectivity index (χ1) is 14.7. The van der Waals surface area contributed by atoms with Gasteiger partial charge < -0.3 is 15.7 Å². The van der Waals surface area contributed by atoms with Crippen molar-refractivity contribution >= 4 is 27.9 Å². The monoisotopic (exact) mass is 412 g/mol. The molecule has 0 spiro atoms. The van der Waals surface area contributed by atoms with Crippen LogP contribution in [-0.2, 0) is 4.79 Å². The number of fused-ring (bicyclic) bond motifs is 2. The highest BCUT2D eigenvalue weighted by Crippen LogP contribution is 2.48. The smallest absolute Gasteiger partial charge is 0.163 e. The maximum absolute atomic E-state index is 13.5. The van der Waals surface area contributed by atoms with Crippen LogP contribution in [0.25, 0.3) is 10.8 Å². The van der Waals surface area contributed by atoms with Crippen molar-refractivity contribution in [3.8, 4) is 5.75 Å². The zero-order valence-corrected chi connectivity index (χ0v) is 18.5.